The van der Waals surface area contributed by atoms with Gasteiger partial charge in [-0.25, -0.2) is 4.39 Å². The highest BCUT2D eigenvalue weighted by Gasteiger charge is 2.32. The fourth-order valence-corrected chi connectivity index (χ4v) is 2.58. The van der Waals surface area contributed by atoms with E-state index in [1.807, 2.05) is 13.0 Å². The van der Waals surface area contributed by atoms with Crippen LogP contribution in [-0.4, -0.2) is 24.5 Å². The van der Waals surface area contributed by atoms with Gasteiger partial charge in [0, 0.05) is 0 Å². The lowest BCUT2D eigenvalue weighted by Gasteiger charge is -2.32. The van der Waals surface area contributed by atoms with Crippen LogP contribution in [0.25, 0.3) is 0 Å². The minimum atomic E-state index is -0.679. The molecular formula is C18H17FN2O3. The zero-order valence-corrected chi connectivity index (χ0v) is 13.4. The lowest BCUT2D eigenvalue weighted by molar-refractivity contribution is -0.127. The Bertz CT molecular complexity index is 807. The number of amides is 2. The maximum Gasteiger partial charge on any atom is 0.268 e. The lowest BCUT2D eigenvalue weighted by Crippen LogP contribution is -2.47. The normalized spacial score (nSPS) is 16.4. The number of para-hydroxylation sites is 1. The zero-order chi connectivity index (χ0) is 17.3. The molecule has 6 heteroatoms. The van der Waals surface area contributed by atoms with Crippen LogP contribution in [0.4, 0.5) is 15.8 Å². The molecule has 0 spiro atoms. The third-order valence-electron chi connectivity index (χ3n) is 3.77. The number of hydrogen-bond donors (Lipinski definition) is 1. The molecule has 0 aromatic heterocycles. The second kappa shape index (κ2) is 6.31. The van der Waals surface area contributed by atoms with Gasteiger partial charge in [0.25, 0.3) is 5.91 Å². The van der Waals surface area contributed by atoms with Crippen LogP contribution in [0.5, 0.6) is 5.75 Å². The molecule has 0 bridgehead atoms. The molecule has 0 radical (unpaired) electrons. The van der Waals surface area contributed by atoms with Gasteiger partial charge in [0.2, 0.25) is 5.91 Å². The number of carbonyl (C=O) groups excluding carboxylic acids is 2. The minimum absolute atomic E-state index is 0.0840. The molecule has 1 N–H and O–H groups in total. The second-order valence-electron chi connectivity index (χ2n) is 5.68. The number of carbonyl (C=O) groups is 2. The Kier molecular flexibility index (Phi) is 4.20. The number of aryl methyl sites for hydroxylation is 1. The van der Waals surface area contributed by atoms with Crippen molar-refractivity contribution in [2.24, 2.45) is 0 Å². The van der Waals surface area contributed by atoms with Gasteiger partial charge in [0.1, 0.15) is 18.1 Å². The van der Waals surface area contributed by atoms with Crippen LogP contribution in [-0.2, 0) is 9.59 Å². The van der Waals surface area contributed by atoms with Crippen molar-refractivity contribution in [3.8, 4) is 5.75 Å². The van der Waals surface area contributed by atoms with E-state index in [9.17, 15) is 14.0 Å². The van der Waals surface area contributed by atoms with E-state index in [-0.39, 0.29) is 18.1 Å². The molecule has 0 aliphatic carbocycles. The molecule has 0 saturated carbocycles. The fraction of sp³-hybridized carbons (Fsp3) is 0.222. The molecule has 1 aliphatic heterocycles. The van der Waals surface area contributed by atoms with Crippen molar-refractivity contribution in [2.75, 3.05) is 16.8 Å². The van der Waals surface area contributed by atoms with E-state index in [1.165, 1.54) is 23.1 Å². The zero-order valence-electron chi connectivity index (χ0n) is 13.4. The molecule has 1 aliphatic rings. The summed E-state index contributed by atoms with van der Waals surface area (Å²) in [6, 6.07) is 11.3. The summed E-state index contributed by atoms with van der Waals surface area (Å²) in [4.78, 5) is 26.0. The molecule has 2 aromatic carbocycles. The van der Waals surface area contributed by atoms with E-state index < -0.39 is 17.8 Å². The molecule has 0 fully saturated rings. The van der Waals surface area contributed by atoms with Crippen molar-refractivity contribution in [1.29, 1.82) is 0 Å². The Morgan fingerprint density at radius 2 is 2.04 bits per heavy atom. The summed E-state index contributed by atoms with van der Waals surface area (Å²) < 4.78 is 19.2. The molecule has 1 atom stereocenters. The number of halogens is 1. The number of rotatable bonds is 3. The number of nitrogens with zero attached hydrogens (tertiary/aromatic N) is 1. The topological polar surface area (TPSA) is 58.6 Å². The number of anilines is 2. The monoisotopic (exact) mass is 328 g/mol. The smallest absolute Gasteiger partial charge is 0.268 e. The number of hydrogen-bond acceptors (Lipinski definition) is 3. The lowest BCUT2D eigenvalue weighted by atomic mass is 10.1. The summed E-state index contributed by atoms with van der Waals surface area (Å²) in [5, 5.41) is 2.49. The Morgan fingerprint density at radius 3 is 2.79 bits per heavy atom. The summed E-state index contributed by atoms with van der Waals surface area (Å²) in [7, 11) is 0. The Morgan fingerprint density at radius 1 is 1.29 bits per heavy atom. The number of fused-ring (bicyclic) bond motifs is 1. The number of nitrogens with one attached hydrogen (secondary N) is 1. The average molecular weight is 328 g/mol. The first-order valence-electron chi connectivity index (χ1n) is 7.59. The van der Waals surface area contributed by atoms with Crippen LogP contribution in [0.2, 0.25) is 0 Å². The van der Waals surface area contributed by atoms with Crippen LogP contribution in [0.1, 0.15) is 12.5 Å². The first kappa shape index (κ1) is 16.0. The highest BCUT2D eigenvalue weighted by molar-refractivity contribution is 6.06. The van der Waals surface area contributed by atoms with E-state index >= 15 is 0 Å². The molecule has 0 unspecified atom stereocenters. The Balaban J connectivity index is 1.83. The van der Waals surface area contributed by atoms with Gasteiger partial charge in [-0.3, -0.25) is 14.5 Å². The van der Waals surface area contributed by atoms with Crippen LogP contribution in [0, 0.1) is 12.7 Å². The van der Waals surface area contributed by atoms with E-state index in [0.29, 0.717) is 11.4 Å². The van der Waals surface area contributed by atoms with Crippen molar-refractivity contribution in [1.82, 2.24) is 0 Å². The van der Waals surface area contributed by atoms with Gasteiger partial charge in [-0.1, -0.05) is 18.2 Å². The third kappa shape index (κ3) is 3.08. The average Bonchev–Trinajstić information content (AvgIpc) is 2.55. The van der Waals surface area contributed by atoms with Gasteiger partial charge in [-0.2, -0.15) is 0 Å². The standard InChI is InChI=1S/C18H17FN2O3/c1-11-7-8-16-15(9-11)21(18(23)12(2)24-16)10-17(22)20-14-6-4-3-5-13(14)19/h3-9,12H,10H2,1-2H3,(H,20,22)/t12-/m1/s1. The van der Waals surface area contributed by atoms with Crippen molar-refractivity contribution in [2.45, 2.75) is 20.0 Å². The first-order valence-corrected chi connectivity index (χ1v) is 7.59. The van der Waals surface area contributed by atoms with Crippen LogP contribution in [0.3, 0.4) is 0 Å². The van der Waals surface area contributed by atoms with Gasteiger partial charge in [0.05, 0.1) is 11.4 Å². The number of benzene rings is 2. The van der Waals surface area contributed by atoms with Crippen molar-refractivity contribution in [3.05, 3.63) is 53.8 Å². The number of ether oxygens (including phenoxy) is 1. The molecular weight excluding hydrogens is 311 g/mol. The van der Waals surface area contributed by atoms with Gasteiger partial charge in [-0.05, 0) is 43.7 Å². The van der Waals surface area contributed by atoms with Crippen molar-refractivity contribution >= 4 is 23.2 Å². The largest absolute Gasteiger partial charge is 0.479 e. The molecule has 5 nitrogen and oxygen atoms in total. The van der Waals surface area contributed by atoms with E-state index in [2.05, 4.69) is 5.32 Å². The summed E-state index contributed by atoms with van der Waals surface area (Å²) in [6.07, 6.45) is -0.679. The van der Waals surface area contributed by atoms with Crippen molar-refractivity contribution in [3.63, 3.8) is 0 Å². The summed E-state index contributed by atoms with van der Waals surface area (Å²) in [5.41, 5.74) is 1.57. The van der Waals surface area contributed by atoms with Gasteiger partial charge < -0.3 is 10.1 Å². The maximum absolute atomic E-state index is 13.6. The summed E-state index contributed by atoms with van der Waals surface area (Å²) >= 11 is 0. The van der Waals surface area contributed by atoms with E-state index in [4.69, 9.17) is 4.74 Å². The molecule has 124 valence electrons. The van der Waals surface area contributed by atoms with E-state index in [1.54, 1.807) is 25.1 Å². The highest BCUT2D eigenvalue weighted by Crippen LogP contribution is 2.34. The molecule has 3 rings (SSSR count). The first-order chi connectivity index (χ1) is 11.5. The maximum atomic E-state index is 13.6. The molecule has 0 saturated heterocycles. The molecule has 1 heterocycles. The fourth-order valence-electron chi connectivity index (χ4n) is 2.58. The van der Waals surface area contributed by atoms with E-state index in [0.717, 1.165) is 5.56 Å². The van der Waals surface area contributed by atoms with Crippen LogP contribution in [0.15, 0.2) is 42.5 Å². The predicted molar refractivity (Wildman–Crippen MR) is 88.7 cm³/mol. The van der Waals surface area contributed by atoms with Gasteiger partial charge >= 0.3 is 0 Å². The SMILES string of the molecule is Cc1ccc2c(c1)N(CC(=O)Nc1ccccc1F)C(=O)[C@@H](C)O2. The molecule has 24 heavy (non-hydrogen) atoms. The second-order valence-corrected chi connectivity index (χ2v) is 5.68. The molecule has 2 amide bonds. The third-order valence-corrected chi connectivity index (χ3v) is 3.77. The van der Waals surface area contributed by atoms with Gasteiger partial charge in [0.15, 0.2) is 6.10 Å². The minimum Gasteiger partial charge on any atom is -0.479 e. The van der Waals surface area contributed by atoms with Crippen LogP contribution >= 0.6 is 0 Å². The highest BCUT2D eigenvalue weighted by atomic mass is 19.1. The predicted octanol–water partition coefficient (Wildman–Crippen LogP) is 2.89. The summed E-state index contributed by atoms with van der Waals surface area (Å²) in [5.74, 6) is -0.762. The van der Waals surface area contributed by atoms with Crippen LogP contribution < -0.4 is 15.0 Å². The molecule has 2 aromatic rings. The Labute approximate surface area is 139 Å². The van der Waals surface area contributed by atoms with Gasteiger partial charge in [-0.15, -0.1) is 0 Å². The quantitative estimate of drug-likeness (QED) is 0.942. The summed E-state index contributed by atoms with van der Waals surface area (Å²) in [6.45, 7) is 3.31. The Hall–Kier alpha value is -2.89. The van der Waals surface area contributed by atoms with Crippen molar-refractivity contribution < 1.29 is 18.7 Å².